The fraction of sp³-hybridized carbons (Fsp3) is 0.423. The van der Waals surface area contributed by atoms with Gasteiger partial charge in [0.1, 0.15) is 12.1 Å². The molecule has 4 rings (SSSR count). The maximum absolute atomic E-state index is 13.7. The Labute approximate surface area is 195 Å². The number of nitrogens with one attached hydrogen (secondary N) is 1. The number of piperidine rings is 1. The van der Waals surface area contributed by atoms with Crippen LogP contribution < -0.4 is 10.2 Å². The number of carbonyl (C=O) groups excluding carboxylic acids is 3. The largest absolute Gasteiger partial charge is 0.350 e. The average molecular weight is 449 g/mol. The van der Waals surface area contributed by atoms with E-state index in [4.69, 9.17) is 0 Å². The maximum Gasteiger partial charge on any atom is 0.250 e. The Morgan fingerprint density at radius 1 is 0.970 bits per heavy atom. The topological polar surface area (TPSA) is 73.0 Å². The molecule has 2 fully saturated rings. The molecule has 0 unspecified atom stereocenters. The Morgan fingerprint density at radius 2 is 1.58 bits per heavy atom. The third-order valence-electron chi connectivity index (χ3n) is 6.65. The maximum atomic E-state index is 13.7. The molecule has 7 nitrogen and oxygen atoms in total. The number of amides is 3. The zero-order chi connectivity index (χ0) is 23.4. The van der Waals surface area contributed by atoms with Crippen LogP contribution in [0.5, 0.6) is 0 Å². The van der Waals surface area contributed by atoms with Crippen LogP contribution in [0.2, 0.25) is 0 Å². The number of hydrogen-bond donors (Lipinski definition) is 1. The van der Waals surface area contributed by atoms with Crippen LogP contribution in [-0.4, -0.2) is 59.4 Å². The normalized spacial score (nSPS) is 17.7. The summed E-state index contributed by atoms with van der Waals surface area (Å²) in [5.41, 5.74) is 1.25. The van der Waals surface area contributed by atoms with Crippen LogP contribution in [0.25, 0.3) is 0 Å². The van der Waals surface area contributed by atoms with Crippen LogP contribution >= 0.6 is 0 Å². The van der Waals surface area contributed by atoms with E-state index >= 15 is 0 Å². The SMILES string of the molecule is CC(C)C(=O)N1CCC2(CC1)C(=O)N(CC(=O)NCc1ccccc1)CN2c1ccccc1. The molecule has 2 saturated heterocycles. The van der Waals surface area contributed by atoms with Crippen molar-refractivity contribution in [3.05, 3.63) is 66.2 Å². The highest BCUT2D eigenvalue weighted by molar-refractivity contribution is 5.96. The fourth-order valence-electron chi connectivity index (χ4n) is 4.81. The van der Waals surface area contributed by atoms with Gasteiger partial charge in [0, 0.05) is 31.2 Å². The molecule has 0 aromatic heterocycles. The van der Waals surface area contributed by atoms with Gasteiger partial charge in [-0.05, 0) is 30.5 Å². The van der Waals surface area contributed by atoms with Crippen LogP contribution in [0, 0.1) is 5.92 Å². The molecule has 2 aromatic carbocycles. The van der Waals surface area contributed by atoms with E-state index in [0.29, 0.717) is 39.1 Å². The van der Waals surface area contributed by atoms with Gasteiger partial charge in [0.25, 0.3) is 5.91 Å². The van der Waals surface area contributed by atoms with Gasteiger partial charge in [-0.2, -0.15) is 0 Å². The monoisotopic (exact) mass is 448 g/mol. The minimum atomic E-state index is -0.727. The van der Waals surface area contributed by atoms with Crippen LogP contribution in [0.4, 0.5) is 5.69 Å². The fourth-order valence-corrected chi connectivity index (χ4v) is 4.81. The predicted octanol–water partition coefficient (Wildman–Crippen LogP) is 2.63. The van der Waals surface area contributed by atoms with E-state index in [1.807, 2.05) is 79.4 Å². The molecule has 2 aliphatic rings. The lowest BCUT2D eigenvalue weighted by Crippen LogP contribution is -2.57. The molecule has 0 bridgehead atoms. The van der Waals surface area contributed by atoms with E-state index in [1.54, 1.807) is 4.90 Å². The summed E-state index contributed by atoms with van der Waals surface area (Å²) in [7, 11) is 0. The average Bonchev–Trinajstić information content (AvgIpc) is 3.10. The van der Waals surface area contributed by atoms with E-state index in [9.17, 15) is 14.4 Å². The van der Waals surface area contributed by atoms with Crippen molar-refractivity contribution < 1.29 is 14.4 Å². The minimum absolute atomic E-state index is 0.0192. The number of benzene rings is 2. The zero-order valence-corrected chi connectivity index (χ0v) is 19.4. The lowest BCUT2D eigenvalue weighted by Gasteiger charge is -2.43. The van der Waals surface area contributed by atoms with Gasteiger partial charge in [0.2, 0.25) is 11.8 Å². The summed E-state index contributed by atoms with van der Waals surface area (Å²) in [5, 5.41) is 2.92. The summed E-state index contributed by atoms with van der Waals surface area (Å²) < 4.78 is 0. The van der Waals surface area contributed by atoms with Gasteiger partial charge in [-0.1, -0.05) is 62.4 Å². The predicted molar refractivity (Wildman–Crippen MR) is 127 cm³/mol. The molecular weight excluding hydrogens is 416 g/mol. The second-order valence-corrected chi connectivity index (χ2v) is 9.18. The zero-order valence-electron chi connectivity index (χ0n) is 19.4. The van der Waals surface area contributed by atoms with Crippen LogP contribution in [0.15, 0.2) is 60.7 Å². The molecule has 0 aliphatic carbocycles. The number of hydrogen-bond acceptors (Lipinski definition) is 4. The second-order valence-electron chi connectivity index (χ2n) is 9.18. The van der Waals surface area contributed by atoms with Gasteiger partial charge >= 0.3 is 0 Å². The van der Waals surface area contributed by atoms with E-state index in [0.717, 1.165) is 11.3 Å². The highest BCUT2D eigenvalue weighted by Gasteiger charge is 2.54. The summed E-state index contributed by atoms with van der Waals surface area (Å²) in [4.78, 5) is 44.5. The lowest BCUT2D eigenvalue weighted by atomic mass is 9.85. The molecule has 0 saturated carbocycles. The highest BCUT2D eigenvalue weighted by atomic mass is 16.2. The Morgan fingerprint density at radius 3 is 2.18 bits per heavy atom. The van der Waals surface area contributed by atoms with Gasteiger partial charge in [-0.15, -0.1) is 0 Å². The molecule has 1 N–H and O–H groups in total. The Balaban J connectivity index is 1.48. The standard InChI is InChI=1S/C26H32N4O3/c1-20(2)24(32)28-15-13-26(14-16-28)25(33)29(19-30(26)22-11-7-4-8-12-22)18-23(31)27-17-21-9-5-3-6-10-21/h3-12,20H,13-19H2,1-2H3,(H,27,31). The van der Waals surface area contributed by atoms with Crippen molar-refractivity contribution in [3.63, 3.8) is 0 Å². The third-order valence-corrected chi connectivity index (χ3v) is 6.65. The van der Waals surface area contributed by atoms with E-state index in [2.05, 4.69) is 10.2 Å². The van der Waals surface area contributed by atoms with Crippen molar-refractivity contribution in [2.45, 2.75) is 38.8 Å². The first kappa shape index (κ1) is 22.8. The molecule has 2 aromatic rings. The molecule has 1 spiro atoms. The van der Waals surface area contributed by atoms with Crippen molar-refractivity contribution in [2.24, 2.45) is 5.92 Å². The molecular formula is C26H32N4O3. The minimum Gasteiger partial charge on any atom is -0.350 e. The molecule has 3 amide bonds. The second kappa shape index (κ2) is 9.65. The van der Waals surface area contributed by atoms with Crippen molar-refractivity contribution in [2.75, 3.05) is 31.2 Å². The van der Waals surface area contributed by atoms with Crippen molar-refractivity contribution in [1.82, 2.24) is 15.1 Å². The van der Waals surface area contributed by atoms with E-state index in [-0.39, 0.29) is 30.2 Å². The summed E-state index contributed by atoms with van der Waals surface area (Å²) in [6.07, 6.45) is 1.11. The van der Waals surface area contributed by atoms with Gasteiger partial charge in [0.15, 0.2) is 0 Å². The van der Waals surface area contributed by atoms with E-state index < -0.39 is 5.54 Å². The van der Waals surface area contributed by atoms with Crippen molar-refractivity contribution in [1.29, 1.82) is 0 Å². The number of likely N-dealkylation sites (tertiary alicyclic amines) is 1. The first-order valence-electron chi connectivity index (χ1n) is 11.6. The molecule has 33 heavy (non-hydrogen) atoms. The van der Waals surface area contributed by atoms with Gasteiger partial charge < -0.3 is 20.0 Å². The molecule has 0 radical (unpaired) electrons. The molecule has 2 heterocycles. The summed E-state index contributed by atoms with van der Waals surface area (Å²) in [6, 6.07) is 19.6. The van der Waals surface area contributed by atoms with Gasteiger partial charge in [-0.3, -0.25) is 14.4 Å². The van der Waals surface area contributed by atoms with Crippen molar-refractivity contribution >= 4 is 23.4 Å². The highest BCUT2D eigenvalue weighted by Crippen LogP contribution is 2.39. The number of carbonyl (C=O) groups is 3. The number of para-hydroxylation sites is 1. The summed E-state index contributed by atoms with van der Waals surface area (Å²) in [5.74, 6) is -0.144. The molecule has 0 atom stereocenters. The molecule has 2 aliphatic heterocycles. The third kappa shape index (κ3) is 4.72. The number of anilines is 1. The van der Waals surface area contributed by atoms with E-state index in [1.165, 1.54) is 0 Å². The van der Waals surface area contributed by atoms with Gasteiger partial charge in [-0.25, -0.2) is 0 Å². The van der Waals surface area contributed by atoms with Crippen LogP contribution in [-0.2, 0) is 20.9 Å². The number of nitrogens with zero attached hydrogens (tertiary/aromatic N) is 3. The quantitative estimate of drug-likeness (QED) is 0.737. The van der Waals surface area contributed by atoms with Crippen LogP contribution in [0.1, 0.15) is 32.3 Å². The first-order chi connectivity index (χ1) is 15.9. The van der Waals surface area contributed by atoms with Crippen LogP contribution in [0.3, 0.4) is 0 Å². The number of rotatable bonds is 6. The Bertz CT molecular complexity index is 985. The summed E-state index contributed by atoms with van der Waals surface area (Å²) >= 11 is 0. The smallest absolute Gasteiger partial charge is 0.250 e. The van der Waals surface area contributed by atoms with Gasteiger partial charge in [0.05, 0.1) is 6.67 Å². The summed E-state index contributed by atoms with van der Waals surface area (Å²) in [6.45, 7) is 5.70. The lowest BCUT2D eigenvalue weighted by molar-refractivity contribution is -0.141. The molecule has 174 valence electrons. The Kier molecular flexibility index (Phi) is 6.67. The van der Waals surface area contributed by atoms with Crippen molar-refractivity contribution in [3.8, 4) is 0 Å². The Hall–Kier alpha value is -3.35. The first-order valence-corrected chi connectivity index (χ1v) is 11.6. The molecule has 7 heteroatoms.